The summed E-state index contributed by atoms with van der Waals surface area (Å²) < 4.78 is 26.9. The molecule has 108 valence electrons. The van der Waals surface area contributed by atoms with Gasteiger partial charge in [0, 0.05) is 12.6 Å². The molecule has 3 N–H and O–H groups in total. The minimum atomic E-state index is -3.27. The molecule has 0 heterocycles. The Hall–Kier alpha value is -0.910. The van der Waals surface area contributed by atoms with Crippen LogP contribution in [0.3, 0.4) is 0 Å². The molecule has 1 unspecified atom stereocenters. The number of nitrogens with two attached hydrogens (primary N) is 1. The van der Waals surface area contributed by atoms with E-state index in [1.165, 1.54) is 0 Å². The molecule has 1 aromatic carbocycles. The third-order valence-electron chi connectivity index (χ3n) is 3.09. The quantitative estimate of drug-likeness (QED) is 0.768. The molecular formula is C14H24N2O2S. The molecule has 0 aliphatic heterocycles. The standard InChI is InChI=1S/C14H24N2O2S/c1-3-5-14(4-2)16-19(17,18)11-13-8-6-12(10-15)7-9-13/h6-9,14,16H,3-5,10-11,15H2,1-2H3. The summed E-state index contributed by atoms with van der Waals surface area (Å²) in [4.78, 5) is 0. The van der Waals surface area contributed by atoms with Crippen LogP contribution in [-0.2, 0) is 22.3 Å². The SMILES string of the molecule is CCCC(CC)NS(=O)(=O)Cc1ccc(CN)cc1. The van der Waals surface area contributed by atoms with Gasteiger partial charge in [-0.05, 0) is 24.0 Å². The lowest BCUT2D eigenvalue weighted by molar-refractivity contribution is 0.512. The Morgan fingerprint density at radius 3 is 2.21 bits per heavy atom. The summed E-state index contributed by atoms with van der Waals surface area (Å²) in [5.74, 6) is 0.0259. The van der Waals surface area contributed by atoms with Crippen molar-refractivity contribution in [3.63, 3.8) is 0 Å². The van der Waals surface area contributed by atoms with Gasteiger partial charge in [0.1, 0.15) is 0 Å². The van der Waals surface area contributed by atoms with Gasteiger partial charge in [-0.15, -0.1) is 0 Å². The molecule has 0 saturated carbocycles. The summed E-state index contributed by atoms with van der Waals surface area (Å²) in [5, 5.41) is 0. The summed E-state index contributed by atoms with van der Waals surface area (Å²) in [6.07, 6.45) is 2.67. The highest BCUT2D eigenvalue weighted by Gasteiger charge is 2.16. The second-order valence-corrected chi connectivity index (χ2v) is 6.55. The van der Waals surface area contributed by atoms with Gasteiger partial charge in [0.15, 0.2) is 0 Å². The second-order valence-electron chi connectivity index (χ2n) is 4.79. The smallest absolute Gasteiger partial charge is 0.216 e. The van der Waals surface area contributed by atoms with Gasteiger partial charge >= 0.3 is 0 Å². The van der Waals surface area contributed by atoms with Gasteiger partial charge in [-0.1, -0.05) is 44.5 Å². The fourth-order valence-corrected chi connectivity index (χ4v) is 3.49. The first-order valence-electron chi connectivity index (χ1n) is 6.78. The molecular weight excluding hydrogens is 260 g/mol. The Morgan fingerprint density at radius 2 is 1.74 bits per heavy atom. The van der Waals surface area contributed by atoms with Gasteiger partial charge in [-0.25, -0.2) is 13.1 Å². The molecule has 0 saturated heterocycles. The van der Waals surface area contributed by atoms with Crippen molar-refractivity contribution in [3.05, 3.63) is 35.4 Å². The van der Waals surface area contributed by atoms with Gasteiger partial charge < -0.3 is 5.73 Å². The second kappa shape index (κ2) is 7.62. The lowest BCUT2D eigenvalue weighted by Crippen LogP contribution is -2.35. The molecule has 0 spiro atoms. The molecule has 0 aromatic heterocycles. The molecule has 0 fully saturated rings. The van der Waals surface area contributed by atoms with Crippen LogP contribution >= 0.6 is 0 Å². The number of benzene rings is 1. The van der Waals surface area contributed by atoms with E-state index in [2.05, 4.69) is 11.6 Å². The van der Waals surface area contributed by atoms with Crippen molar-refractivity contribution in [3.8, 4) is 0 Å². The van der Waals surface area contributed by atoms with Crippen molar-refractivity contribution in [2.45, 2.75) is 51.4 Å². The Kier molecular flexibility index (Phi) is 6.48. The Balaban J connectivity index is 2.67. The van der Waals surface area contributed by atoms with Crippen LogP contribution < -0.4 is 10.5 Å². The average molecular weight is 284 g/mol. The van der Waals surface area contributed by atoms with E-state index in [9.17, 15) is 8.42 Å². The zero-order valence-corrected chi connectivity index (χ0v) is 12.5. The van der Waals surface area contributed by atoms with Crippen LogP contribution in [0.4, 0.5) is 0 Å². The molecule has 0 amide bonds. The largest absolute Gasteiger partial charge is 0.326 e. The topological polar surface area (TPSA) is 72.2 Å². The summed E-state index contributed by atoms with van der Waals surface area (Å²) >= 11 is 0. The molecule has 1 rings (SSSR count). The van der Waals surface area contributed by atoms with Crippen LogP contribution in [-0.4, -0.2) is 14.5 Å². The van der Waals surface area contributed by atoms with Gasteiger partial charge in [0.05, 0.1) is 5.75 Å². The third kappa shape index (κ3) is 5.72. The number of hydrogen-bond acceptors (Lipinski definition) is 3. The van der Waals surface area contributed by atoms with Crippen molar-refractivity contribution in [2.24, 2.45) is 5.73 Å². The van der Waals surface area contributed by atoms with Gasteiger partial charge in [-0.2, -0.15) is 0 Å². The first-order valence-corrected chi connectivity index (χ1v) is 8.43. The van der Waals surface area contributed by atoms with E-state index in [0.29, 0.717) is 6.54 Å². The van der Waals surface area contributed by atoms with Gasteiger partial charge in [-0.3, -0.25) is 0 Å². The molecule has 5 heteroatoms. The Labute approximate surface area is 116 Å². The molecule has 1 atom stereocenters. The lowest BCUT2D eigenvalue weighted by atomic mass is 10.1. The van der Waals surface area contributed by atoms with E-state index < -0.39 is 10.0 Å². The van der Waals surface area contributed by atoms with E-state index >= 15 is 0 Å². The number of hydrogen-bond donors (Lipinski definition) is 2. The Bertz CT molecular complexity index is 469. The zero-order valence-electron chi connectivity index (χ0n) is 11.7. The molecule has 0 radical (unpaired) electrons. The number of rotatable bonds is 8. The molecule has 19 heavy (non-hydrogen) atoms. The van der Waals surface area contributed by atoms with E-state index in [0.717, 1.165) is 30.4 Å². The van der Waals surface area contributed by atoms with Crippen LogP contribution in [0.2, 0.25) is 0 Å². The van der Waals surface area contributed by atoms with Crippen molar-refractivity contribution < 1.29 is 8.42 Å². The maximum atomic E-state index is 12.1. The molecule has 0 bridgehead atoms. The highest BCUT2D eigenvalue weighted by Crippen LogP contribution is 2.10. The van der Waals surface area contributed by atoms with Gasteiger partial charge in [0.2, 0.25) is 10.0 Å². The van der Waals surface area contributed by atoms with E-state index in [4.69, 9.17) is 5.73 Å². The van der Waals surface area contributed by atoms with Crippen LogP contribution in [0.25, 0.3) is 0 Å². The molecule has 4 nitrogen and oxygen atoms in total. The van der Waals surface area contributed by atoms with E-state index in [1.807, 2.05) is 31.2 Å². The van der Waals surface area contributed by atoms with Crippen LogP contribution in [0, 0.1) is 0 Å². The third-order valence-corrected chi connectivity index (χ3v) is 4.50. The predicted molar refractivity (Wildman–Crippen MR) is 79.1 cm³/mol. The average Bonchev–Trinajstić information content (AvgIpc) is 2.38. The van der Waals surface area contributed by atoms with Crippen molar-refractivity contribution in [1.29, 1.82) is 0 Å². The normalized spacial score (nSPS) is 13.4. The van der Waals surface area contributed by atoms with E-state index in [1.54, 1.807) is 0 Å². The first kappa shape index (κ1) is 16.1. The monoisotopic (exact) mass is 284 g/mol. The van der Waals surface area contributed by atoms with Crippen molar-refractivity contribution >= 4 is 10.0 Å². The molecule has 0 aliphatic carbocycles. The maximum Gasteiger partial charge on any atom is 0.216 e. The van der Waals surface area contributed by atoms with E-state index in [-0.39, 0.29) is 11.8 Å². The lowest BCUT2D eigenvalue weighted by Gasteiger charge is -2.16. The fourth-order valence-electron chi connectivity index (χ4n) is 1.98. The van der Waals surface area contributed by atoms with Crippen LogP contribution in [0.15, 0.2) is 24.3 Å². The first-order chi connectivity index (χ1) is 9.00. The zero-order chi connectivity index (χ0) is 14.3. The van der Waals surface area contributed by atoms with Crippen LogP contribution in [0.1, 0.15) is 44.2 Å². The predicted octanol–water partition coefficient (Wildman–Crippen LogP) is 2.14. The minimum Gasteiger partial charge on any atom is -0.326 e. The molecule has 1 aromatic rings. The maximum absolute atomic E-state index is 12.1. The van der Waals surface area contributed by atoms with Gasteiger partial charge in [0.25, 0.3) is 0 Å². The van der Waals surface area contributed by atoms with Crippen molar-refractivity contribution in [1.82, 2.24) is 4.72 Å². The highest BCUT2D eigenvalue weighted by molar-refractivity contribution is 7.88. The summed E-state index contributed by atoms with van der Waals surface area (Å²) in [5.41, 5.74) is 7.31. The minimum absolute atomic E-state index is 0.0259. The van der Waals surface area contributed by atoms with Crippen LogP contribution in [0.5, 0.6) is 0 Å². The number of nitrogens with one attached hydrogen (secondary N) is 1. The fraction of sp³-hybridized carbons (Fsp3) is 0.571. The highest BCUT2D eigenvalue weighted by atomic mass is 32.2. The summed E-state index contributed by atoms with van der Waals surface area (Å²) in [6.45, 7) is 4.53. The molecule has 0 aliphatic rings. The Morgan fingerprint density at radius 1 is 1.16 bits per heavy atom. The summed E-state index contributed by atoms with van der Waals surface area (Å²) in [7, 11) is -3.27. The summed E-state index contributed by atoms with van der Waals surface area (Å²) in [6, 6.07) is 7.42. The van der Waals surface area contributed by atoms with Crippen molar-refractivity contribution in [2.75, 3.05) is 0 Å². The number of sulfonamides is 1.